The van der Waals surface area contributed by atoms with Crippen LogP contribution >= 0.6 is 0 Å². The van der Waals surface area contributed by atoms with Crippen molar-refractivity contribution >= 4 is 5.78 Å². The summed E-state index contributed by atoms with van der Waals surface area (Å²) in [6.07, 6.45) is 5.15. The number of ether oxygens (including phenoxy) is 1. The van der Waals surface area contributed by atoms with Crippen LogP contribution in [0.15, 0.2) is 0 Å². The number of carbonyl (C=O) groups excluding carboxylic acids is 1. The predicted molar refractivity (Wildman–Crippen MR) is 48.1 cm³/mol. The molecule has 1 rings (SSSR count). The lowest BCUT2D eigenvalue weighted by atomic mass is 9.86. The number of rotatable bonds is 4. The minimum atomic E-state index is 0.310. The second-order valence-electron chi connectivity index (χ2n) is 3.39. The molecule has 1 aliphatic rings. The van der Waals surface area contributed by atoms with E-state index >= 15 is 0 Å². The molecule has 0 N–H and O–H groups in total. The fraction of sp³-hybridized carbons (Fsp3) is 0.900. The van der Waals surface area contributed by atoms with Crippen molar-refractivity contribution in [3.05, 3.63) is 0 Å². The first-order valence-corrected chi connectivity index (χ1v) is 4.95. The summed E-state index contributed by atoms with van der Waals surface area (Å²) in [6, 6.07) is 0. The molecule has 0 aromatic carbocycles. The lowest BCUT2D eigenvalue weighted by molar-refractivity contribution is -0.125. The third kappa shape index (κ3) is 2.94. The summed E-state index contributed by atoms with van der Waals surface area (Å²) in [5.41, 5.74) is 0. The Kier molecular flexibility index (Phi) is 4.30. The third-order valence-electron chi connectivity index (χ3n) is 2.50. The van der Waals surface area contributed by atoms with Gasteiger partial charge in [-0.3, -0.25) is 4.79 Å². The molecule has 0 spiro atoms. The Balaban J connectivity index is 2.16. The quantitative estimate of drug-likeness (QED) is 0.604. The van der Waals surface area contributed by atoms with E-state index in [1.807, 2.05) is 6.92 Å². The van der Waals surface area contributed by atoms with E-state index in [1.165, 1.54) is 6.42 Å². The van der Waals surface area contributed by atoms with Gasteiger partial charge in [0.05, 0.1) is 0 Å². The van der Waals surface area contributed by atoms with Crippen LogP contribution in [0.3, 0.4) is 0 Å². The average Bonchev–Trinajstić information content (AvgIpc) is 2.09. The van der Waals surface area contributed by atoms with Gasteiger partial charge in [-0.25, -0.2) is 0 Å². The maximum Gasteiger partial charge on any atom is 0.136 e. The van der Waals surface area contributed by atoms with E-state index in [4.69, 9.17) is 4.74 Å². The molecule has 1 unspecified atom stereocenters. The van der Waals surface area contributed by atoms with Gasteiger partial charge in [0.2, 0.25) is 0 Å². The van der Waals surface area contributed by atoms with Crippen molar-refractivity contribution in [3.63, 3.8) is 0 Å². The molecule has 12 heavy (non-hydrogen) atoms. The first-order valence-electron chi connectivity index (χ1n) is 4.95. The third-order valence-corrected chi connectivity index (χ3v) is 2.50. The van der Waals surface area contributed by atoms with E-state index in [1.54, 1.807) is 0 Å². The SMILES string of the molecule is CCOCCC1CCCCC1=O. The summed E-state index contributed by atoms with van der Waals surface area (Å²) in [5, 5.41) is 0. The van der Waals surface area contributed by atoms with Gasteiger partial charge in [0.15, 0.2) is 0 Å². The lowest BCUT2D eigenvalue weighted by Gasteiger charge is -2.19. The molecule has 1 atom stereocenters. The minimum absolute atomic E-state index is 0.310. The fourth-order valence-corrected chi connectivity index (χ4v) is 1.73. The molecular weight excluding hydrogens is 152 g/mol. The fourth-order valence-electron chi connectivity index (χ4n) is 1.73. The second kappa shape index (κ2) is 5.31. The molecule has 0 saturated heterocycles. The first kappa shape index (κ1) is 9.72. The Hall–Kier alpha value is -0.370. The molecule has 0 heterocycles. The number of carbonyl (C=O) groups is 1. The summed E-state index contributed by atoms with van der Waals surface area (Å²) in [4.78, 5) is 11.3. The van der Waals surface area contributed by atoms with Crippen molar-refractivity contribution < 1.29 is 9.53 Å². The largest absolute Gasteiger partial charge is 0.382 e. The number of hydrogen-bond acceptors (Lipinski definition) is 2. The van der Waals surface area contributed by atoms with Crippen LogP contribution in [0, 0.1) is 5.92 Å². The molecule has 0 bridgehead atoms. The van der Waals surface area contributed by atoms with E-state index in [9.17, 15) is 4.79 Å². The van der Waals surface area contributed by atoms with Crippen LogP contribution in [0.4, 0.5) is 0 Å². The Bertz CT molecular complexity index is 143. The minimum Gasteiger partial charge on any atom is -0.382 e. The predicted octanol–water partition coefficient (Wildman–Crippen LogP) is 2.17. The Morgan fingerprint density at radius 2 is 2.33 bits per heavy atom. The molecule has 0 aliphatic heterocycles. The van der Waals surface area contributed by atoms with Crippen LogP contribution in [-0.4, -0.2) is 19.0 Å². The van der Waals surface area contributed by atoms with Gasteiger partial charge in [-0.05, 0) is 26.2 Å². The second-order valence-corrected chi connectivity index (χ2v) is 3.39. The molecule has 1 aliphatic carbocycles. The summed E-state index contributed by atoms with van der Waals surface area (Å²) in [7, 11) is 0. The summed E-state index contributed by atoms with van der Waals surface area (Å²) >= 11 is 0. The van der Waals surface area contributed by atoms with Crippen LogP contribution < -0.4 is 0 Å². The van der Waals surface area contributed by atoms with E-state index < -0.39 is 0 Å². The van der Waals surface area contributed by atoms with E-state index in [0.717, 1.165) is 38.9 Å². The van der Waals surface area contributed by atoms with Gasteiger partial charge in [-0.1, -0.05) is 6.42 Å². The van der Waals surface area contributed by atoms with E-state index in [0.29, 0.717) is 11.7 Å². The summed E-state index contributed by atoms with van der Waals surface area (Å²) < 4.78 is 5.23. The first-order chi connectivity index (χ1) is 5.84. The smallest absolute Gasteiger partial charge is 0.136 e. The Morgan fingerprint density at radius 1 is 1.50 bits per heavy atom. The lowest BCUT2D eigenvalue weighted by Crippen LogP contribution is -2.20. The van der Waals surface area contributed by atoms with Gasteiger partial charge in [0.25, 0.3) is 0 Å². The summed E-state index contributed by atoms with van der Waals surface area (Å²) in [6.45, 7) is 3.51. The van der Waals surface area contributed by atoms with E-state index in [2.05, 4.69) is 0 Å². The number of hydrogen-bond donors (Lipinski definition) is 0. The highest BCUT2D eigenvalue weighted by molar-refractivity contribution is 5.81. The molecule has 0 radical (unpaired) electrons. The van der Waals surface area contributed by atoms with Crippen LogP contribution in [0.25, 0.3) is 0 Å². The van der Waals surface area contributed by atoms with Crippen molar-refractivity contribution in [2.45, 2.75) is 39.0 Å². The van der Waals surface area contributed by atoms with Gasteiger partial charge in [-0.2, -0.15) is 0 Å². The standard InChI is InChI=1S/C10H18O2/c1-2-12-8-7-9-5-3-4-6-10(9)11/h9H,2-8H2,1H3. The van der Waals surface area contributed by atoms with Crippen LogP contribution in [0.5, 0.6) is 0 Å². The highest BCUT2D eigenvalue weighted by Crippen LogP contribution is 2.23. The molecule has 70 valence electrons. The number of Topliss-reactive ketones (excluding diaryl/α,β-unsaturated/α-hetero) is 1. The van der Waals surface area contributed by atoms with Crippen LogP contribution in [0.1, 0.15) is 39.0 Å². The van der Waals surface area contributed by atoms with Gasteiger partial charge < -0.3 is 4.74 Å². The molecule has 1 saturated carbocycles. The maximum absolute atomic E-state index is 11.3. The van der Waals surface area contributed by atoms with Crippen molar-refractivity contribution in [1.82, 2.24) is 0 Å². The highest BCUT2D eigenvalue weighted by Gasteiger charge is 2.21. The topological polar surface area (TPSA) is 26.3 Å². The molecule has 0 aromatic rings. The molecule has 0 amide bonds. The maximum atomic E-state index is 11.3. The molecule has 2 nitrogen and oxygen atoms in total. The Labute approximate surface area is 74.3 Å². The van der Waals surface area contributed by atoms with E-state index in [-0.39, 0.29) is 0 Å². The molecule has 1 fully saturated rings. The van der Waals surface area contributed by atoms with Crippen molar-refractivity contribution in [2.75, 3.05) is 13.2 Å². The summed E-state index contributed by atoms with van der Waals surface area (Å²) in [5.74, 6) is 0.770. The monoisotopic (exact) mass is 170 g/mol. The van der Waals surface area contributed by atoms with Crippen molar-refractivity contribution in [3.8, 4) is 0 Å². The van der Waals surface area contributed by atoms with Crippen molar-refractivity contribution in [1.29, 1.82) is 0 Å². The van der Waals surface area contributed by atoms with Gasteiger partial charge in [-0.15, -0.1) is 0 Å². The molecular formula is C10H18O2. The van der Waals surface area contributed by atoms with Crippen molar-refractivity contribution in [2.24, 2.45) is 5.92 Å². The Morgan fingerprint density at radius 3 is 3.00 bits per heavy atom. The normalized spacial score (nSPS) is 24.4. The van der Waals surface area contributed by atoms with Crippen LogP contribution in [0.2, 0.25) is 0 Å². The number of ketones is 1. The zero-order valence-corrected chi connectivity index (χ0v) is 7.84. The van der Waals surface area contributed by atoms with Gasteiger partial charge in [0, 0.05) is 25.6 Å². The highest BCUT2D eigenvalue weighted by atomic mass is 16.5. The van der Waals surface area contributed by atoms with Crippen LogP contribution in [-0.2, 0) is 9.53 Å². The van der Waals surface area contributed by atoms with Gasteiger partial charge >= 0.3 is 0 Å². The molecule has 0 aromatic heterocycles. The zero-order chi connectivity index (χ0) is 8.81. The average molecular weight is 170 g/mol. The van der Waals surface area contributed by atoms with Gasteiger partial charge in [0.1, 0.15) is 5.78 Å². The molecule has 2 heteroatoms. The zero-order valence-electron chi connectivity index (χ0n) is 7.84.